The van der Waals surface area contributed by atoms with Gasteiger partial charge in [-0.3, -0.25) is 15.0 Å². The fraction of sp³-hybridized carbons (Fsp3) is 0.333. The second-order valence-corrected chi connectivity index (χ2v) is 8.12. The van der Waals surface area contributed by atoms with Crippen LogP contribution >= 0.6 is 0 Å². The van der Waals surface area contributed by atoms with E-state index in [0.29, 0.717) is 5.56 Å². The summed E-state index contributed by atoms with van der Waals surface area (Å²) in [5.74, 6) is 5.03. The Morgan fingerprint density at radius 2 is 1.83 bits per heavy atom. The number of aryl methyl sites for hydroxylation is 1. The summed E-state index contributed by atoms with van der Waals surface area (Å²) in [4.78, 5) is 28.3. The summed E-state index contributed by atoms with van der Waals surface area (Å²) in [6.07, 6.45) is 0.749. The molecular weight excluding hydrogens is 376 g/mol. The van der Waals surface area contributed by atoms with Crippen molar-refractivity contribution in [1.82, 2.24) is 14.9 Å². The molecule has 2 heterocycles. The monoisotopic (exact) mass is 404 g/mol. The number of hydrogen-bond acceptors (Lipinski definition) is 3. The van der Waals surface area contributed by atoms with Crippen molar-refractivity contribution < 1.29 is 9.59 Å². The number of amides is 2. The Morgan fingerprint density at radius 3 is 2.53 bits per heavy atom. The lowest BCUT2D eigenvalue weighted by molar-refractivity contribution is -0.127. The Bertz CT molecular complexity index is 1130. The molecule has 0 fully saturated rings. The molecule has 3 N–H and O–H groups in total. The summed E-state index contributed by atoms with van der Waals surface area (Å²) in [5.41, 5.74) is 7.11. The van der Waals surface area contributed by atoms with Crippen LogP contribution in [0.1, 0.15) is 53.5 Å². The molecule has 6 nitrogen and oxygen atoms in total. The van der Waals surface area contributed by atoms with E-state index in [1.165, 1.54) is 0 Å². The van der Waals surface area contributed by atoms with Crippen LogP contribution in [0.2, 0.25) is 0 Å². The lowest BCUT2D eigenvalue weighted by Gasteiger charge is -2.36. The molecule has 0 radical (unpaired) electrons. The van der Waals surface area contributed by atoms with E-state index in [4.69, 9.17) is 5.84 Å². The summed E-state index contributed by atoms with van der Waals surface area (Å²) >= 11 is 0. The molecule has 0 bridgehead atoms. The molecule has 30 heavy (non-hydrogen) atoms. The molecule has 1 aliphatic rings. The van der Waals surface area contributed by atoms with Gasteiger partial charge in [0.25, 0.3) is 11.8 Å². The fourth-order valence-corrected chi connectivity index (χ4v) is 4.78. The summed E-state index contributed by atoms with van der Waals surface area (Å²) in [5, 5.41) is 1.09. The maximum absolute atomic E-state index is 13.6. The maximum atomic E-state index is 13.6. The Hall–Kier alpha value is -3.12. The fourth-order valence-electron chi connectivity index (χ4n) is 4.78. The van der Waals surface area contributed by atoms with Gasteiger partial charge in [-0.2, -0.15) is 0 Å². The topological polar surface area (TPSA) is 80.4 Å². The molecule has 1 aliphatic heterocycles. The lowest BCUT2D eigenvalue weighted by atomic mass is 9.91. The van der Waals surface area contributed by atoms with Crippen LogP contribution in [-0.2, 0) is 11.8 Å². The third kappa shape index (κ3) is 2.82. The van der Waals surface area contributed by atoms with Gasteiger partial charge in [-0.05, 0) is 30.5 Å². The first-order chi connectivity index (χ1) is 14.4. The van der Waals surface area contributed by atoms with E-state index in [1.807, 2.05) is 57.3 Å². The number of carbonyl (C=O) groups excluding carboxylic acids is 2. The number of nitrogens with zero attached hydrogens (tertiary/aromatic N) is 2. The van der Waals surface area contributed by atoms with Gasteiger partial charge in [-0.25, -0.2) is 5.84 Å². The number of nitrogens with one attached hydrogen (secondary N) is 1. The lowest BCUT2D eigenvalue weighted by Crippen LogP contribution is -2.53. The number of rotatable bonds is 5. The van der Waals surface area contributed by atoms with Crippen LogP contribution in [0.25, 0.3) is 10.9 Å². The molecule has 1 aromatic heterocycles. The second-order valence-electron chi connectivity index (χ2n) is 8.12. The SMILES string of the molecule is CCC(C)C(C(=O)NN)N1C(=O)c2ccccc2C1c1c(C)n(C)c2ccccc12. The summed E-state index contributed by atoms with van der Waals surface area (Å²) in [6, 6.07) is 14.8. The van der Waals surface area contributed by atoms with Crippen LogP contribution in [0, 0.1) is 12.8 Å². The van der Waals surface area contributed by atoms with Crippen LogP contribution < -0.4 is 11.3 Å². The number of para-hydroxylation sites is 1. The highest BCUT2D eigenvalue weighted by Crippen LogP contribution is 2.45. The van der Waals surface area contributed by atoms with Crippen molar-refractivity contribution >= 4 is 22.7 Å². The highest BCUT2D eigenvalue weighted by Gasteiger charge is 2.46. The number of benzene rings is 2. The minimum Gasteiger partial charge on any atom is -0.348 e. The van der Waals surface area contributed by atoms with Crippen molar-refractivity contribution in [3.8, 4) is 0 Å². The Balaban J connectivity index is 2.01. The van der Waals surface area contributed by atoms with E-state index in [1.54, 1.807) is 4.90 Å². The molecule has 0 spiro atoms. The first kappa shape index (κ1) is 20.2. The second kappa shape index (κ2) is 7.61. The third-order valence-electron chi connectivity index (χ3n) is 6.61. The third-order valence-corrected chi connectivity index (χ3v) is 6.61. The molecule has 6 heteroatoms. The maximum Gasteiger partial charge on any atom is 0.256 e. The van der Waals surface area contributed by atoms with Gasteiger partial charge in [-0.15, -0.1) is 0 Å². The largest absolute Gasteiger partial charge is 0.348 e. The molecule has 3 unspecified atom stereocenters. The first-order valence-corrected chi connectivity index (χ1v) is 10.4. The predicted molar refractivity (Wildman–Crippen MR) is 118 cm³/mol. The van der Waals surface area contributed by atoms with Gasteiger partial charge in [0.05, 0.1) is 6.04 Å². The molecule has 3 aromatic rings. The number of carbonyl (C=O) groups is 2. The average molecular weight is 405 g/mol. The van der Waals surface area contributed by atoms with Gasteiger partial charge >= 0.3 is 0 Å². The van der Waals surface area contributed by atoms with Crippen LogP contribution in [0.15, 0.2) is 48.5 Å². The summed E-state index contributed by atoms with van der Waals surface area (Å²) < 4.78 is 2.15. The van der Waals surface area contributed by atoms with Gasteiger partial charge < -0.3 is 9.47 Å². The highest BCUT2D eigenvalue weighted by molar-refractivity contribution is 6.03. The van der Waals surface area contributed by atoms with E-state index < -0.39 is 6.04 Å². The quantitative estimate of drug-likeness (QED) is 0.388. The summed E-state index contributed by atoms with van der Waals surface area (Å²) in [7, 11) is 2.03. The smallest absolute Gasteiger partial charge is 0.256 e. The van der Waals surface area contributed by atoms with Crippen LogP contribution in [-0.4, -0.2) is 27.3 Å². The van der Waals surface area contributed by atoms with Crippen molar-refractivity contribution in [2.45, 2.75) is 39.3 Å². The standard InChI is InChI=1S/C24H28N4O2/c1-5-14(2)21(23(29)26-25)28-22(16-10-6-7-11-17(16)24(28)30)20-15(3)27(4)19-13-9-8-12-18(19)20/h6-14,21-22H,5,25H2,1-4H3,(H,26,29). The molecule has 4 rings (SSSR count). The van der Waals surface area contributed by atoms with Gasteiger partial charge in [0.15, 0.2) is 0 Å². The zero-order valence-corrected chi connectivity index (χ0v) is 17.8. The number of hydrazine groups is 1. The van der Waals surface area contributed by atoms with E-state index >= 15 is 0 Å². The number of hydrogen-bond donors (Lipinski definition) is 2. The van der Waals surface area contributed by atoms with Gasteiger partial charge in [0, 0.05) is 34.8 Å². The molecular formula is C24H28N4O2. The molecule has 2 aromatic carbocycles. The Morgan fingerprint density at radius 1 is 1.17 bits per heavy atom. The van der Waals surface area contributed by atoms with E-state index in [9.17, 15) is 9.59 Å². The molecule has 0 aliphatic carbocycles. The minimum absolute atomic E-state index is 0.0513. The van der Waals surface area contributed by atoms with Crippen LogP contribution in [0.4, 0.5) is 0 Å². The Labute approximate surface area is 176 Å². The van der Waals surface area contributed by atoms with Crippen molar-refractivity contribution in [2.24, 2.45) is 18.8 Å². The average Bonchev–Trinajstić information content (AvgIpc) is 3.19. The van der Waals surface area contributed by atoms with Gasteiger partial charge in [-0.1, -0.05) is 56.7 Å². The molecule has 3 atom stereocenters. The number of nitrogens with two attached hydrogens (primary N) is 1. The van der Waals surface area contributed by atoms with E-state index in [2.05, 4.69) is 29.0 Å². The van der Waals surface area contributed by atoms with Crippen molar-refractivity contribution in [3.63, 3.8) is 0 Å². The van der Waals surface area contributed by atoms with Crippen LogP contribution in [0.3, 0.4) is 0 Å². The Kier molecular flexibility index (Phi) is 5.12. The minimum atomic E-state index is -0.664. The number of aromatic nitrogens is 1. The van der Waals surface area contributed by atoms with Gasteiger partial charge in [0.2, 0.25) is 0 Å². The highest BCUT2D eigenvalue weighted by atomic mass is 16.2. The van der Waals surface area contributed by atoms with Crippen molar-refractivity contribution in [3.05, 3.63) is 70.9 Å². The molecule has 0 saturated heterocycles. The van der Waals surface area contributed by atoms with Crippen LogP contribution in [0.5, 0.6) is 0 Å². The van der Waals surface area contributed by atoms with Crippen molar-refractivity contribution in [1.29, 1.82) is 0 Å². The zero-order valence-electron chi connectivity index (χ0n) is 17.8. The first-order valence-electron chi connectivity index (χ1n) is 10.4. The summed E-state index contributed by atoms with van der Waals surface area (Å²) in [6.45, 7) is 6.08. The van der Waals surface area contributed by atoms with E-state index in [0.717, 1.165) is 34.1 Å². The number of fused-ring (bicyclic) bond motifs is 2. The normalized spacial score (nSPS) is 17.8. The van der Waals surface area contributed by atoms with E-state index in [-0.39, 0.29) is 23.8 Å². The zero-order chi connectivity index (χ0) is 21.6. The van der Waals surface area contributed by atoms with Crippen molar-refractivity contribution in [2.75, 3.05) is 0 Å². The molecule has 2 amide bonds. The predicted octanol–water partition coefficient (Wildman–Crippen LogP) is 3.44. The molecule has 0 saturated carbocycles. The molecule has 156 valence electrons. The van der Waals surface area contributed by atoms with Gasteiger partial charge in [0.1, 0.15) is 6.04 Å².